The van der Waals surface area contributed by atoms with Crippen molar-refractivity contribution in [2.45, 2.75) is 6.92 Å². The summed E-state index contributed by atoms with van der Waals surface area (Å²) in [4.78, 5) is 4.46. The molecule has 0 amide bonds. The third-order valence-corrected chi connectivity index (χ3v) is 3.65. The average molecular weight is 269 g/mol. The second kappa shape index (κ2) is 4.94. The third kappa shape index (κ3) is 2.37. The number of rotatable bonds is 3. The first-order valence-corrected chi connectivity index (χ1v) is 6.39. The van der Waals surface area contributed by atoms with E-state index in [2.05, 4.69) is 10.3 Å². The SMILES string of the molecule is CNc1nc(-c2cc(Cl)c(OC)cc2C)cs1. The minimum Gasteiger partial charge on any atom is -0.495 e. The highest BCUT2D eigenvalue weighted by Gasteiger charge is 2.10. The molecule has 1 N–H and O–H groups in total. The first kappa shape index (κ1) is 12.2. The zero-order chi connectivity index (χ0) is 12.4. The highest BCUT2D eigenvalue weighted by Crippen LogP contribution is 2.34. The van der Waals surface area contributed by atoms with Gasteiger partial charge in [-0.05, 0) is 24.6 Å². The first-order chi connectivity index (χ1) is 8.15. The van der Waals surface area contributed by atoms with Crippen LogP contribution in [0, 0.1) is 6.92 Å². The molecule has 0 fully saturated rings. The standard InChI is InChI=1S/C12H13ClN2OS/c1-7-4-11(16-3)9(13)5-8(7)10-6-17-12(14-2)15-10/h4-6H,1-3H3,(H,14,15). The van der Waals surface area contributed by atoms with Gasteiger partial charge in [-0.3, -0.25) is 0 Å². The number of hydrogen-bond donors (Lipinski definition) is 1. The van der Waals surface area contributed by atoms with Crippen molar-refractivity contribution in [3.63, 3.8) is 0 Å². The van der Waals surface area contributed by atoms with Crippen LogP contribution in [0.4, 0.5) is 5.13 Å². The summed E-state index contributed by atoms with van der Waals surface area (Å²) in [6.07, 6.45) is 0. The van der Waals surface area contributed by atoms with E-state index in [1.54, 1.807) is 18.4 Å². The summed E-state index contributed by atoms with van der Waals surface area (Å²) in [6.45, 7) is 2.02. The van der Waals surface area contributed by atoms with Crippen molar-refractivity contribution in [2.24, 2.45) is 0 Å². The molecule has 0 aliphatic heterocycles. The number of ether oxygens (including phenoxy) is 1. The lowest BCUT2D eigenvalue weighted by Gasteiger charge is -2.08. The normalized spacial score (nSPS) is 10.4. The van der Waals surface area contributed by atoms with Crippen LogP contribution in [0.5, 0.6) is 5.75 Å². The molecule has 0 radical (unpaired) electrons. The fourth-order valence-electron chi connectivity index (χ4n) is 1.60. The highest BCUT2D eigenvalue weighted by molar-refractivity contribution is 7.14. The van der Waals surface area contributed by atoms with Crippen LogP contribution in [0.15, 0.2) is 17.5 Å². The fourth-order valence-corrected chi connectivity index (χ4v) is 2.51. The summed E-state index contributed by atoms with van der Waals surface area (Å²) in [5.41, 5.74) is 3.06. The molecule has 3 nitrogen and oxygen atoms in total. The van der Waals surface area contributed by atoms with Crippen LogP contribution in [0.2, 0.25) is 5.02 Å². The van der Waals surface area contributed by atoms with Gasteiger partial charge < -0.3 is 10.1 Å². The second-order valence-corrected chi connectivity index (χ2v) is 4.85. The zero-order valence-electron chi connectivity index (χ0n) is 9.87. The van der Waals surface area contributed by atoms with E-state index in [-0.39, 0.29) is 0 Å². The van der Waals surface area contributed by atoms with Crippen LogP contribution in [0.3, 0.4) is 0 Å². The zero-order valence-corrected chi connectivity index (χ0v) is 11.4. The highest BCUT2D eigenvalue weighted by atomic mass is 35.5. The van der Waals surface area contributed by atoms with Gasteiger partial charge in [0, 0.05) is 18.0 Å². The Labute approximate surface area is 109 Å². The second-order valence-electron chi connectivity index (χ2n) is 3.59. The number of hydrogen-bond acceptors (Lipinski definition) is 4. The van der Waals surface area contributed by atoms with Crippen LogP contribution in [-0.4, -0.2) is 19.1 Å². The van der Waals surface area contributed by atoms with E-state index in [1.807, 2.05) is 31.5 Å². The molecule has 0 saturated heterocycles. The monoisotopic (exact) mass is 268 g/mol. The number of halogens is 1. The predicted octanol–water partition coefficient (Wildman–Crippen LogP) is 3.82. The minimum atomic E-state index is 0.604. The number of methoxy groups -OCH3 is 1. The van der Waals surface area contributed by atoms with Crippen LogP contribution in [-0.2, 0) is 0 Å². The van der Waals surface area contributed by atoms with E-state index in [9.17, 15) is 0 Å². The van der Waals surface area contributed by atoms with Crippen molar-refractivity contribution < 1.29 is 4.74 Å². The lowest BCUT2D eigenvalue weighted by molar-refractivity contribution is 0.415. The quantitative estimate of drug-likeness (QED) is 0.919. The molecule has 0 aliphatic rings. The Morgan fingerprint density at radius 3 is 2.76 bits per heavy atom. The van der Waals surface area contributed by atoms with Crippen molar-refractivity contribution in [2.75, 3.05) is 19.5 Å². The molecule has 5 heteroatoms. The maximum absolute atomic E-state index is 6.13. The number of thiazole rings is 1. The molecule has 17 heavy (non-hydrogen) atoms. The number of aryl methyl sites for hydroxylation is 1. The van der Waals surface area contributed by atoms with Crippen molar-refractivity contribution in [1.29, 1.82) is 0 Å². The minimum absolute atomic E-state index is 0.604. The molecule has 1 aromatic heterocycles. The van der Waals surface area contributed by atoms with Crippen molar-refractivity contribution >= 4 is 28.1 Å². The summed E-state index contributed by atoms with van der Waals surface area (Å²) < 4.78 is 5.18. The topological polar surface area (TPSA) is 34.2 Å². The molecule has 0 aliphatic carbocycles. The summed E-state index contributed by atoms with van der Waals surface area (Å²) in [5, 5.41) is 6.53. The molecule has 0 bridgehead atoms. The van der Waals surface area contributed by atoms with Crippen molar-refractivity contribution in [3.8, 4) is 17.0 Å². The van der Waals surface area contributed by atoms with Gasteiger partial charge in [0.15, 0.2) is 5.13 Å². The van der Waals surface area contributed by atoms with Gasteiger partial charge in [0.05, 0.1) is 17.8 Å². The Hall–Kier alpha value is -1.26. The van der Waals surface area contributed by atoms with Crippen LogP contribution in [0.1, 0.15) is 5.56 Å². The van der Waals surface area contributed by atoms with E-state index < -0.39 is 0 Å². The van der Waals surface area contributed by atoms with E-state index >= 15 is 0 Å². The Morgan fingerprint density at radius 2 is 2.18 bits per heavy atom. The van der Waals surface area contributed by atoms with Crippen LogP contribution >= 0.6 is 22.9 Å². The number of nitrogens with one attached hydrogen (secondary N) is 1. The Kier molecular flexibility index (Phi) is 3.54. The third-order valence-electron chi connectivity index (χ3n) is 2.49. The molecule has 0 spiro atoms. The lowest BCUT2D eigenvalue weighted by atomic mass is 10.1. The number of aromatic nitrogens is 1. The van der Waals surface area contributed by atoms with Gasteiger partial charge in [-0.25, -0.2) is 4.98 Å². The van der Waals surface area contributed by atoms with E-state index in [4.69, 9.17) is 16.3 Å². The molecule has 0 atom stereocenters. The molecule has 2 aromatic rings. The van der Waals surface area contributed by atoms with Gasteiger partial charge >= 0.3 is 0 Å². The van der Waals surface area contributed by atoms with Crippen molar-refractivity contribution in [3.05, 3.63) is 28.1 Å². The average Bonchev–Trinajstić information content (AvgIpc) is 2.80. The molecule has 2 rings (SSSR count). The van der Waals surface area contributed by atoms with E-state index in [0.29, 0.717) is 10.8 Å². The van der Waals surface area contributed by atoms with Gasteiger partial charge in [0.1, 0.15) is 5.75 Å². The van der Waals surface area contributed by atoms with Gasteiger partial charge in [0.25, 0.3) is 0 Å². The fraction of sp³-hybridized carbons (Fsp3) is 0.250. The lowest BCUT2D eigenvalue weighted by Crippen LogP contribution is -1.90. The Morgan fingerprint density at radius 1 is 1.41 bits per heavy atom. The largest absolute Gasteiger partial charge is 0.495 e. The van der Waals surface area contributed by atoms with Crippen LogP contribution in [0.25, 0.3) is 11.3 Å². The Balaban J connectivity index is 2.48. The molecule has 0 saturated carbocycles. The molecular formula is C12H13ClN2OS. The predicted molar refractivity (Wildman–Crippen MR) is 73.4 cm³/mol. The maximum Gasteiger partial charge on any atom is 0.182 e. The number of anilines is 1. The van der Waals surface area contributed by atoms with Crippen molar-refractivity contribution in [1.82, 2.24) is 4.98 Å². The number of benzene rings is 1. The molecule has 0 unspecified atom stereocenters. The Bertz CT molecular complexity index is 539. The summed E-state index contributed by atoms with van der Waals surface area (Å²) in [6, 6.07) is 3.82. The smallest absolute Gasteiger partial charge is 0.182 e. The molecular weight excluding hydrogens is 256 g/mol. The van der Waals surface area contributed by atoms with E-state index in [1.165, 1.54) is 0 Å². The summed E-state index contributed by atoms with van der Waals surface area (Å²) in [5.74, 6) is 0.692. The summed E-state index contributed by atoms with van der Waals surface area (Å²) in [7, 11) is 3.47. The molecule has 1 heterocycles. The van der Waals surface area contributed by atoms with E-state index in [0.717, 1.165) is 22.0 Å². The van der Waals surface area contributed by atoms with Crippen LogP contribution < -0.4 is 10.1 Å². The molecule has 1 aromatic carbocycles. The van der Waals surface area contributed by atoms with Gasteiger partial charge in [-0.1, -0.05) is 11.6 Å². The number of nitrogens with zero attached hydrogens (tertiary/aromatic N) is 1. The molecule has 90 valence electrons. The summed E-state index contributed by atoms with van der Waals surface area (Å²) >= 11 is 7.70. The van der Waals surface area contributed by atoms with Gasteiger partial charge in [-0.2, -0.15) is 0 Å². The maximum atomic E-state index is 6.13. The van der Waals surface area contributed by atoms with Gasteiger partial charge in [0.2, 0.25) is 0 Å². The van der Waals surface area contributed by atoms with Gasteiger partial charge in [-0.15, -0.1) is 11.3 Å². The first-order valence-electron chi connectivity index (χ1n) is 5.13.